The van der Waals surface area contributed by atoms with Gasteiger partial charge in [0.05, 0.1) is 13.2 Å². The molecule has 0 atom stereocenters. The van der Waals surface area contributed by atoms with E-state index >= 15 is 0 Å². The van der Waals surface area contributed by atoms with Crippen LogP contribution >= 0.6 is 0 Å². The number of hydrogen-bond acceptors (Lipinski definition) is 3. The fraction of sp³-hybridized carbons (Fsp3) is 0.182. The van der Waals surface area contributed by atoms with Gasteiger partial charge in [0.15, 0.2) is 0 Å². The van der Waals surface area contributed by atoms with Gasteiger partial charge in [-0.15, -0.1) is 0 Å². The van der Waals surface area contributed by atoms with Crippen LogP contribution in [0.15, 0.2) is 103 Å². The smallest absolute Gasteiger partial charge is 0.330 e. The molecular formula is C33H30O3. The van der Waals surface area contributed by atoms with Gasteiger partial charge in [0.2, 0.25) is 0 Å². The fourth-order valence-electron chi connectivity index (χ4n) is 4.73. The molecule has 5 aromatic rings. The summed E-state index contributed by atoms with van der Waals surface area (Å²) in [5.74, 6) is 0.645. The van der Waals surface area contributed by atoms with E-state index in [0.717, 1.165) is 37.0 Å². The Labute approximate surface area is 212 Å². The molecular weight excluding hydrogens is 444 g/mol. The molecule has 0 spiro atoms. The average Bonchev–Trinajstić information content (AvgIpc) is 2.94. The Hall–Kier alpha value is -4.11. The minimum atomic E-state index is -0.294. The molecule has 0 unspecified atom stereocenters. The molecule has 3 nitrogen and oxygen atoms in total. The van der Waals surface area contributed by atoms with Gasteiger partial charge in [-0.2, -0.15) is 0 Å². The fourth-order valence-corrected chi connectivity index (χ4v) is 4.73. The molecule has 180 valence electrons. The quantitative estimate of drug-likeness (QED) is 0.0883. The van der Waals surface area contributed by atoms with Gasteiger partial charge < -0.3 is 9.47 Å². The summed E-state index contributed by atoms with van der Waals surface area (Å²) in [4.78, 5) is 11.9. The number of benzene rings is 5. The monoisotopic (exact) mass is 474 g/mol. The Balaban J connectivity index is 1.13. The highest BCUT2D eigenvalue weighted by Gasteiger charge is 2.11. The molecule has 5 rings (SSSR count). The summed E-state index contributed by atoms with van der Waals surface area (Å²) in [6.45, 7) is 1.11. The summed E-state index contributed by atoms with van der Waals surface area (Å²) < 4.78 is 11.6. The second kappa shape index (κ2) is 11.5. The minimum Gasteiger partial charge on any atom is -0.493 e. The maximum atomic E-state index is 11.9. The molecule has 0 radical (unpaired) electrons. The number of carbonyl (C=O) groups is 1. The van der Waals surface area contributed by atoms with Crippen LogP contribution in [0.1, 0.15) is 31.2 Å². The van der Waals surface area contributed by atoms with Crippen molar-refractivity contribution in [2.45, 2.75) is 25.7 Å². The van der Waals surface area contributed by atoms with Gasteiger partial charge in [0, 0.05) is 11.5 Å². The number of hydrogen-bond donors (Lipinski definition) is 0. The van der Waals surface area contributed by atoms with E-state index in [1.54, 1.807) is 6.08 Å². The highest BCUT2D eigenvalue weighted by atomic mass is 16.5. The molecule has 0 aliphatic rings. The number of ether oxygens (including phenoxy) is 2. The van der Waals surface area contributed by atoms with E-state index < -0.39 is 0 Å². The van der Waals surface area contributed by atoms with Crippen molar-refractivity contribution >= 4 is 44.4 Å². The first kappa shape index (κ1) is 23.6. The van der Waals surface area contributed by atoms with Crippen LogP contribution in [0, 0.1) is 0 Å². The number of fused-ring (bicyclic) bond motifs is 6. The topological polar surface area (TPSA) is 35.5 Å². The van der Waals surface area contributed by atoms with Crippen molar-refractivity contribution in [1.29, 1.82) is 0 Å². The summed E-state index contributed by atoms with van der Waals surface area (Å²) in [6.07, 6.45) is 7.12. The van der Waals surface area contributed by atoms with E-state index in [9.17, 15) is 4.79 Å². The Morgan fingerprint density at radius 2 is 1.14 bits per heavy atom. The third kappa shape index (κ3) is 5.41. The second-order valence-electron chi connectivity index (χ2n) is 8.94. The van der Waals surface area contributed by atoms with Crippen molar-refractivity contribution in [2.75, 3.05) is 13.2 Å². The molecule has 0 N–H and O–H groups in total. The van der Waals surface area contributed by atoms with Gasteiger partial charge in [-0.3, -0.25) is 0 Å². The predicted molar refractivity (Wildman–Crippen MR) is 149 cm³/mol. The standard InChI is InChI=1S/C33H30O3/c34-32(22-21-25-13-4-3-5-14-25)36-24-11-2-1-10-23-35-31-20-12-19-30-28-16-7-6-15-26(28)27-17-8-9-18-29(27)33(30)31/h3-9,12-22H,1-2,10-11,23-24H2. The average molecular weight is 475 g/mol. The summed E-state index contributed by atoms with van der Waals surface area (Å²) in [6, 6.07) is 33.3. The molecule has 0 fully saturated rings. The molecule has 0 aliphatic heterocycles. The Kier molecular flexibility index (Phi) is 7.58. The summed E-state index contributed by atoms with van der Waals surface area (Å²) in [7, 11) is 0. The van der Waals surface area contributed by atoms with Crippen molar-refractivity contribution in [3.8, 4) is 5.75 Å². The van der Waals surface area contributed by atoms with E-state index in [-0.39, 0.29) is 5.97 Å². The zero-order chi connectivity index (χ0) is 24.6. The molecule has 0 amide bonds. The lowest BCUT2D eigenvalue weighted by atomic mass is 9.94. The Bertz CT molecular complexity index is 1460. The van der Waals surface area contributed by atoms with Gasteiger partial charge in [-0.05, 0) is 70.3 Å². The second-order valence-corrected chi connectivity index (χ2v) is 8.94. The van der Waals surface area contributed by atoms with E-state index in [1.807, 2.05) is 30.3 Å². The molecule has 0 saturated carbocycles. The highest BCUT2D eigenvalue weighted by Crippen LogP contribution is 2.39. The highest BCUT2D eigenvalue weighted by molar-refractivity contribution is 6.26. The minimum absolute atomic E-state index is 0.294. The summed E-state index contributed by atoms with van der Waals surface area (Å²) in [5.41, 5.74) is 0.988. The van der Waals surface area contributed by atoms with Gasteiger partial charge in [-0.1, -0.05) is 91.0 Å². The van der Waals surface area contributed by atoms with Crippen LogP contribution in [0.3, 0.4) is 0 Å². The van der Waals surface area contributed by atoms with Crippen LogP contribution in [0.4, 0.5) is 0 Å². The molecule has 3 heteroatoms. The van der Waals surface area contributed by atoms with Crippen molar-refractivity contribution in [1.82, 2.24) is 0 Å². The van der Waals surface area contributed by atoms with Crippen LogP contribution in [-0.2, 0) is 9.53 Å². The molecule has 36 heavy (non-hydrogen) atoms. The molecule has 0 heterocycles. The third-order valence-electron chi connectivity index (χ3n) is 6.48. The van der Waals surface area contributed by atoms with Crippen LogP contribution < -0.4 is 4.74 Å². The number of carbonyl (C=O) groups excluding carboxylic acids is 1. The zero-order valence-electron chi connectivity index (χ0n) is 20.4. The van der Waals surface area contributed by atoms with E-state index in [0.29, 0.717) is 13.2 Å². The Morgan fingerprint density at radius 1 is 0.583 bits per heavy atom. The lowest BCUT2D eigenvalue weighted by Crippen LogP contribution is -2.03. The first-order chi connectivity index (χ1) is 17.8. The summed E-state index contributed by atoms with van der Waals surface area (Å²) in [5, 5.41) is 7.42. The van der Waals surface area contributed by atoms with E-state index in [1.165, 1.54) is 38.4 Å². The van der Waals surface area contributed by atoms with Crippen molar-refractivity contribution < 1.29 is 14.3 Å². The SMILES string of the molecule is O=C(C=Cc1ccccc1)OCCCCCCOc1cccc2c3ccccc3c3ccccc3c12. The van der Waals surface area contributed by atoms with E-state index in [4.69, 9.17) is 9.47 Å². The molecule has 5 aromatic carbocycles. The first-order valence-corrected chi connectivity index (χ1v) is 12.7. The molecule has 0 aliphatic carbocycles. The predicted octanol–water partition coefficient (Wildman–Crippen LogP) is 8.34. The maximum absolute atomic E-state index is 11.9. The van der Waals surface area contributed by atoms with Crippen molar-refractivity contribution in [3.05, 3.63) is 109 Å². The van der Waals surface area contributed by atoms with Gasteiger partial charge >= 0.3 is 5.97 Å². The normalized spacial score (nSPS) is 11.4. The Morgan fingerprint density at radius 3 is 1.83 bits per heavy atom. The van der Waals surface area contributed by atoms with Crippen molar-refractivity contribution in [3.63, 3.8) is 0 Å². The van der Waals surface area contributed by atoms with Gasteiger partial charge in [0.1, 0.15) is 5.75 Å². The molecule has 0 aromatic heterocycles. The van der Waals surface area contributed by atoms with Gasteiger partial charge in [0.25, 0.3) is 0 Å². The van der Waals surface area contributed by atoms with Crippen LogP contribution in [0.25, 0.3) is 38.4 Å². The summed E-state index contributed by atoms with van der Waals surface area (Å²) >= 11 is 0. The largest absolute Gasteiger partial charge is 0.493 e. The van der Waals surface area contributed by atoms with Gasteiger partial charge in [-0.25, -0.2) is 4.79 Å². The van der Waals surface area contributed by atoms with E-state index in [2.05, 4.69) is 66.7 Å². The van der Waals surface area contributed by atoms with Crippen molar-refractivity contribution in [2.24, 2.45) is 0 Å². The maximum Gasteiger partial charge on any atom is 0.330 e. The van der Waals surface area contributed by atoms with Crippen LogP contribution in [0.2, 0.25) is 0 Å². The number of esters is 1. The first-order valence-electron chi connectivity index (χ1n) is 12.7. The van der Waals surface area contributed by atoms with Crippen LogP contribution in [-0.4, -0.2) is 19.2 Å². The molecule has 0 bridgehead atoms. The number of unbranched alkanes of at least 4 members (excludes halogenated alkanes) is 3. The lowest BCUT2D eigenvalue weighted by Gasteiger charge is -2.14. The molecule has 0 saturated heterocycles. The van der Waals surface area contributed by atoms with Crippen LogP contribution in [0.5, 0.6) is 5.75 Å². The lowest BCUT2D eigenvalue weighted by molar-refractivity contribution is -0.137. The number of rotatable bonds is 10. The zero-order valence-corrected chi connectivity index (χ0v) is 20.4. The third-order valence-corrected chi connectivity index (χ3v) is 6.48.